The number of benzene rings is 2. The lowest BCUT2D eigenvalue weighted by Crippen LogP contribution is -2.59. The predicted molar refractivity (Wildman–Crippen MR) is 147 cm³/mol. The Kier molecular flexibility index (Phi) is 7.98. The van der Waals surface area contributed by atoms with Gasteiger partial charge in [-0.3, -0.25) is 14.4 Å². The Morgan fingerprint density at radius 2 is 1.58 bits per heavy atom. The van der Waals surface area contributed by atoms with Crippen LogP contribution in [0.15, 0.2) is 60.7 Å². The number of amides is 3. The Labute approximate surface area is 225 Å². The van der Waals surface area contributed by atoms with E-state index < -0.39 is 11.6 Å². The minimum atomic E-state index is -0.771. The van der Waals surface area contributed by atoms with Crippen molar-refractivity contribution in [3.8, 4) is 0 Å². The summed E-state index contributed by atoms with van der Waals surface area (Å²) in [6.45, 7) is 1.34. The zero-order valence-corrected chi connectivity index (χ0v) is 22.1. The molecule has 202 valence electrons. The van der Waals surface area contributed by atoms with Gasteiger partial charge in [-0.1, -0.05) is 67.8 Å². The maximum atomic E-state index is 13.9. The summed E-state index contributed by atoms with van der Waals surface area (Å²) < 4.78 is 0. The number of hydrogen-bond acceptors (Lipinski definition) is 5. The smallest absolute Gasteiger partial charge is 0.250 e. The highest BCUT2D eigenvalue weighted by molar-refractivity contribution is 5.96. The fourth-order valence-corrected chi connectivity index (χ4v) is 6.30. The van der Waals surface area contributed by atoms with E-state index in [1.165, 1.54) is 6.42 Å². The van der Waals surface area contributed by atoms with Crippen LogP contribution in [0, 0.1) is 0 Å². The second kappa shape index (κ2) is 11.6. The molecule has 5 rings (SSSR count). The number of nitrogens with one attached hydrogen (secondary N) is 1. The van der Waals surface area contributed by atoms with E-state index in [1.54, 1.807) is 9.80 Å². The summed E-state index contributed by atoms with van der Waals surface area (Å²) in [7, 11) is 0. The zero-order chi connectivity index (χ0) is 26.5. The van der Waals surface area contributed by atoms with Crippen LogP contribution in [0.4, 0.5) is 5.69 Å². The van der Waals surface area contributed by atoms with Gasteiger partial charge < -0.3 is 25.8 Å². The van der Waals surface area contributed by atoms with E-state index in [-0.39, 0.29) is 30.3 Å². The highest BCUT2D eigenvalue weighted by atomic mass is 16.2. The van der Waals surface area contributed by atoms with Gasteiger partial charge in [0.05, 0.1) is 12.7 Å². The summed E-state index contributed by atoms with van der Waals surface area (Å²) >= 11 is 0. The van der Waals surface area contributed by atoms with Crippen molar-refractivity contribution in [2.75, 3.05) is 31.2 Å². The average molecular weight is 518 g/mol. The predicted octanol–water partition coefficient (Wildman–Crippen LogP) is 2.67. The van der Waals surface area contributed by atoms with Crippen LogP contribution in [0.5, 0.6) is 0 Å². The average Bonchev–Trinajstić information content (AvgIpc) is 3.20. The first-order valence-electron chi connectivity index (χ1n) is 14.0. The highest BCUT2D eigenvalue weighted by Gasteiger charge is 2.54. The molecule has 8 heteroatoms. The monoisotopic (exact) mass is 517 g/mol. The molecule has 3 N–H and O–H groups in total. The van der Waals surface area contributed by atoms with E-state index >= 15 is 0 Å². The number of nitrogens with zero attached hydrogens (tertiary/aromatic N) is 3. The molecule has 1 spiro atoms. The molecule has 0 aromatic heterocycles. The Morgan fingerprint density at radius 3 is 2.24 bits per heavy atom. The SMILES string of the molecule is N[C@H](Cc1ccccc1)C(=O)N1CCC2(CC1)C(=O)N(CC(=O)NC1CCCCC1)CN2c1ccccc1. The van der Waals surface area contributed by atoms with Crippen LogP contribution in [-0.4, -0.2) is 71.4 Å². The van der Waals surface area contributed by atoms with Gasteiger partial charge in [0.1, 0.15) is 12.1 Å². The maximum absolute atomic E-state index is 13.9. The summed E-state index contributed by atoms with van der Waals surface area (Å²) in [4.78, 5) is 45.6. The number of hydrogen-bond donors (Lipinski definition) is 2. The summed E-state index contributed by atoms with van der Waals surface area (Å²) in [5, 5.41) is 3.15. The van der Waals surface area contributed by atoms with E-state index in [2.05, 4.69) is 10.2 Å². The number of para-hydroxylation sites is 1. The molecule has 2 aromatic rings. The van der Waals surface area contributed by atoms with E-state index in [0.717, 1.165) is 36.9 Å². The van der Waals surface area contributed by atoms with Gasteiger partial charge in [-0.2, -0.15) is 0 Å². The third kappa shape index (κ3) is 5.55. The molecule has 3 amide bonds. The molecule has 1 aliphatic carbocycles. The molecule has 1 atom stereocenters. The molecule has 1 saturated carbocycles. The molecule has 8 nitrogen and oxygen atoms in total. The number of anilines is 1. The lowest BCUT2D eigenvalue weighted by Gasteiger charge is -2.43. The number of nitrogens with two attached hydrogens (primary N) is 1. The summed E-state index contributed by atoms with van der Waals surface area (Å²) in [6.07, 6.45) is 7.02. The highest BCUT2D eigenvalue weighted by Crippen LogP contribution is 2.39. The molecule has 0 unspecified atom stereocenters. The van der Waals surface area contributed by atoms with E-state index in [1.807, 2.05) is 60.7 Å². The Balaban J connectivity index is 1.27. The molecule has 2 aliphatic heterocycles. The normalized spacial score (nSPS) is 20.6. The first-order valence-corrected chi connectivity index (χ1v) is 14.0. The first kappa shape index (κ1) is 26.2. The molecule has 2 aromatic carbocycles. The van der Waals surface area contributed by atoms with Crippen molar-refractivity contribution in [3.63, 3.8) is 0 Å². The molecule has 38 heavy (non-hydrogen) atoms. The van der Waals surface area contributed by atoms with Crippen molar-refractivity contribution in [1.82, 2.24) is 15.1 Å². The quantitative estimate of drug-likeness (QED) is 0.589. The van der Waals surface area contributed by atoms with Crippen molar-refractivity contribution in [2.45, 2.75) is 69.0 Å². The first-order chi connectivity index (χ1) is 18.5. The number of carbonyl (C=O) groups excluding carboxylic acids is 3. The molecule has 2 saturated heterocycles. The van der Waals surface area contributed by atoms with Crippen LogP contribution in [0.2, 0.25) is 0 Å². The van der Waals surface area contributed by atoms with Gasteiger partial charge in [0.15, 0.2) is 0 Å². The standard InChI is InChI=1S/C30H39N5O3/c31-26(20-23-10-4-1-5-11-23)28(37)33-18-16-30(17-19-33)29(38)34(22-35(30)25-14-8-3-9-15-25)21-27(36)32-24-12-6-2-7-13-24/h1,3-5,8-11,14-15,24,26H,2,6-7,12-13,16-22,31H2,(H,32,36)/t26-/m1/s1. The van der Waals surface area contributed by atoms with Crippen LogP contribution in [-0.2, 0) is 20.8 Å². The zero-order valence-electron chi connectivity index (χ0n) is 22.1. The van der Waals surface area contributed by atoms with E-state index in [4.69, 9.17) is 5.73 Å². The van der Waals surface area contributed by atoms with Gasteiger partial charge >= 0.3 is 0 Å². The third-order valence-electron chi connectivity index (χ3n) is 8.40. The van der Waals surface area contributed by atoms with Crippen LogP contribution in [0.1, 0.15) is 50.5 Å². The topological polar surface area (TPSA) is 99.0 Å². The Hall–Kier alpha value is -3.39. The lowest BCUT2D eigenvalue weighted by atomic mass is 9.85. The number of piperidine rings is 1. The van der Waals surface area contributed by atoms with E-state index in [0.29, 0.717) is 39.0 Å². The maximum Gasteiger partial charge on any atom is 0.250 e. The molecule has 3 fully saturated rings. The Bertz CT molecular complexity index is 1110. The lowest BCUT2D eigenvalue weighted by molar-refractivity contribution is -0.140. The second-order valence-corrected chi connectivity index (χ2v) is 11.0. The van der Waals surface area contributed by atoms with Gasteiger partial charge in [0.25, 0.3) is 5.91 Å². The number of carbonyl (C=O) groups is 3. The van der Waals surface area contributed by atoms with Crippen molar-refractivity contribution < 1.29 is 14.4 Å². The summed E-state index contributed by atoms with van der Waals surface area (Å²) in [5.74, 6) is -0.195. The van der Waals surface area contributed by atoms with Gasteiger partial charge in [0.2, 0.25) is 11.8 Å². The number of likely N-dealkylation sites (tertiary alicyclic amines) is 1. The molecule has 0 bridgehead atoms. The van der Waals surface area contributed by atoms with Gasteiger partial charge in [-0.25, -0.2) is 0 Å². The van der Waals surface area contributed by atoms with Gasteiger partial charge in [-0.15, -0.1) is 0 Å². The fraction of sp³-hybridized carbons (Fsp3) is 0.500. The van der Waals surface area contributed by atoms with Crippen LogP contribution < -0.4 is 16.0 Å². The third-order valence-corrected chi connectivity index (χ3v) is 8.40. The molecular formula is C30H39N5O3. The molecule has 3 aliphatic rings. The number of rotatable bonds is 7. The minimum Gasteiger partial charge on any atom is -0.352 e. The Morgan fingerprint density at radius 1 is 0.947 bits per heavy atom. The largest absolute Gasteiger partial charge is 0.352 e. The van der Waals surface area contributed by atoms with Crippen molar-refractivity contribution in [3.05, 3.63) is 66.2 Å². The van der Waals surface area contributed by atoms with Crippen LogP contribution >= 0.6 is 0 Å². The summed E-state index contributed by atoms with van der Waals surface area (Å²) in [5.41, 5.74) is 7.52. The van der Waals surface area contributed by atoms with Gasteiger partial charge in [0, 0.05) is 24.8 Å². The van der Waals surface area contributed by atoms with Crippen LogP contribution in [0.3, 0.4) is 0 Å². The minimum absolute atomic E-state index is 0.0270. The fourth-order valence-electron chi connectivity index (χ4n) is 6.30. The second-order valence-electron chi connectivity index (χ2n) is 11.0. The molecule has 2 heterocycles. The van der Waals surface area contributed by atoms with Crippen LogP contribution in [0.25, 0.3) is 0 Å². The summed E-state index contributed by atoms with van der Waals surface area (Å²) in [6, 6.07) is 19.3. The molecular weight excluding hydrogens is 478 g/mol. The van der Waals surface area contributed by atoms with Crippen molar-refractivity contribution in [2.24, 2.45) is 5.73 Å². The van der Waals surface area contributed by atoms with Crippen molar-refractivity contribution >= 4 is 23.4 Å². The van der Waals surface area contributed by atoms with Crippen molar-refractivity contribution in [1.29, 1.82) is 0 Å². The van der Waals surface area contributed by atoms with E-state index in [9.17, 15) is 14.4 Å². The van der Waals surface area contributed by atoms with Gasteiger partial charge in [-0.05, 0) is 49.8 Å². The molecule has 0 radical (unpaired) electrons.